The molecule has 1 nitrogen and oxygen atoms in total. The molecule has 154 valence electrons. The third-order valence-electron chi connectivity index (χ3n) is 5.16. The lowest BCUT2D eigenvalue weighted by Crippen LogP contribution is -1.98. The van der Waals surface area contributed by atoms with E-state index in [1.807, 2.05) is 37.3 Å². The second-order valence-electron chi connectivity index (χ2n) is 7.72. The molecule has 0 saturated heterocycles. The van der Waals surface area contributed by atoms with Gasteiger partial charge >= 0.3 is 0 Å². The van der Waals surface area contributed by atoms with Crippen LogP contribution in [0, 0.1) is 31.5 Å². The predicted octanol–water partition coefficient (Wildman–Crippen LogP) is 6.81. The molecule has 0 saturated carbocycles. The summed E-state index contributed by atoms with van der Waals surface area (Å²) < 4.78 is 20.3. The number of halogens is 1. The molecule has 0 amide bonds. The zero-order valence-corrected chi connectivity index (χ0v) is 18.1. The Morgan fingerprint density at radius 1 is 0.867 bits per heavy atom. The molecule has 3 aromatic rings. The second-order valence-corrected chi connectivity index (χ2v) is 7.72. The van der Waals surface area contributed by atoms with Crippen LogP contribution in [0.15, 0.2) is 60.7 Å². The number of unbranched alkanes of at least 4 members (excludes halogenated alkanes) is 1. The van der Waals surface area contributed by atoms with Crippen molar-refractivity contribution in [2.24, 2.45) is 0 Å². The van der Waals surface area contributed by atoms with Crippen LogP contribution in [0.3, 0.4) is 0 Å². The summed E-state index contributed by atoms with van der Waals surface area (Å²) in [7, 11) is 0. The first-order chi connectivity index (χ1) is 14.5. The van der Waals surface area contributed by atoms with Crippen molar-refractivity contribution in [1.82, 2.24) is 0 Å². The minimum atomic E-state index is -0.184. The summed E-state index contributed by atoms with van der Waals surface area (Å²) in [5.74, 6) is 6.92. The molecule has 0 fully saturated rings. The van der Waals surface area contributed by atoms with Crippen LogP contribution >= 0.6 is 0 Å². The van der Waals surface area contributed by atoms with Gasteiger partial charge in [0.05, 0.1) is 6.61 Å². The number of aryl methyl sites for hydroxylation is 4. The number of rotatable bonds is 7. The molecule has 0 N–H and O–H groups in total. The molecule has 0 unspecified atom stereocenters. The zero-order valence-electron chi connectivity index (χ0n) is 18.1. The molecule has 0 aliphatic carbocycles. The second kappa shape index (κ2) is 10.6. The van der Waals surface area contributed by atoms with Crippen molar-refractivity contribution in [2.75, 3.05) is 6.61 Å². The minimum Gasteiger partial charge on any atom is -0.494 e. The van der Waals surface area contributed by atoms with Gasteiger partial charge in [-0.3, -0.25) is 0 Å². The van der Waals surface area contributed by atoms with Gasteiger partial charge in [-0.2, -0.15) is 0 Å². The largest absolute Gasteiger partial charge is 0.494 e. The molecule has 0 radical (unpaired) electrons. The molecule has 3 rings (SSSR count). The predicted molar refractivity (Wildman–Crippen MR) is 123 cm³/mol. The first kappa shape index (κ1) is 21.7. The Bertz CT molecular complexity index is 1020. The number of hydrogen-bond donors (Lipinski definition) is 0. The molecule has 0 bridgehead atoms. The fourth-order valence-corrected chi connectivity index (χ4v) is 3.21. The van der Waals surface area contributed by atoms with Crippen LogP contribution in [0.2, 0.25) is 0 Å². The summed E-state index contributed by atoms with van der Waals surface area (Å²) in [6.45, 7) is 6.94. The summed E-state index contributed by atoms with van der Waals surface area (Å²) in [4.78, 5) is 0. The fraction of sp³-hybridized carbons (Fsp3) is 0.286. The van der Waals surface area contributed by atoms with Crippen LogP contribution in [-0.2, 0) is 12.8 Å². The fourth-order valence-electron chi connectivity index (χ4n) is 3.21. The molecule has 0 aliphatic rings. The van der Waals surface area contributed by atoms with E-state index in [0.29, 0.717) is 6.42 Å². The SMILES string of the molecule is CCCCOc1ccc(C#Cc2cc(F)c(CCc3ccc(C)cc3)cc2C)cc1. The van der Waals surface area contributed by atoms with E-state index in [4.69, 9.17) is 4.74 Å². The van der Waals surface area contributed by atoms with E-state index in [9.17, 15) is 4.39 Å². The highest BCUT2D eigenvalue weighted by Gasteiger charge is 2.07. The zero-order chi connectivity index (χ0) is 21.3. The number of benzene rings is 3. The van der Waals surface area contributed by atoms with Gasteiger partial charge in [0.25, 0.3) is 0 Å². The van der Waals surface area contributed by atoms with Crippen molar-refractivity contribution in [3.05, 3.63) is 99.9 Å². The maximum Gasteiger partial charge on any atom is 0.127 e. The van der Waals surface area contributed by atoms with Crippen molar-refractivity contribution >= 4 is 0 Å². The molecule has 30 heavy (non-hydrogen) atoms. The number of ether oxygens (including phenoxy) is 1. The molecule has 0 atom stereocenters. The van der Waals surface area contributed by atoms with E-state index in [1.54, 1.807) is 6.07 Å². The van der Waals surface area contributed by atoms with E-state index >= 15 is 0 Å². The van der Waals surface area contributed by atoms with Crippen LogP contribution in [0.4, 0.5) is 4.39 Å². The standard InChI is InChI=1S/C28H29FO/c1-4-5-18-30-27-16-12-24(13-17-27)10-14-25-20-28(29)26(19-22(25)3)15-11-23-8-6-21(2)7-9-23/h6-9,12-13,16-17,19-20H,4-5,11,15,18H2,1-3H3. The lowest BCUT2D eigenvalue weighted by Gasteiger charge is -2.07. The van der Waals surface area contributed by atoms with E-state index in [-0.39, 0.29) is 5.82 Å². The molecule has 0 spiro atoms. The number of hydrogen-bond acceptors (Lipinski definition) is 1. The maximum absolute atomic E-state index is 14.6. The summed E-state index contributed by atoms with van der Waals surface area (Å²) in [5.41, 5.74) is 5.83. The molecular weight excluding hydrogens is 371 g/mol. The maximum atomic E-state index is 14.6. The van der Waals surface area contributed by atoms with Crippen LogP contribution in [0.25, 0.3) is 0 Å². The van der Waals surface area contributed by atoms with E-state index in [0.717, 1.165) is 53.9 Å². The lowest BCUT2D eigenvalue weighted by molar-refractivity contribution is 0.309. The van der Waals surface area contributed by atoms with Crippen molar-refractivity contribution in [1.29, 1.82) is 0 Å². The van der Waals surface area contributed by atoms with Gasteiger partial charge in [-0.25, -0.2) is 4.39 Å². The van der Waals surface area contributed by atoms with Gasteiger partial charge in [0.15, 0.2) is 0 Å². The van der Waals surface area contributed by atoms with E-state index < -0.39 is 0 Å². The van der Waals surface area contributed by atoms with Crippen LogP contribution in [0.5, 0.6) is 5.75 Å². The third-order valence-corrected chi connectivity index (χ3v) is 5.16. The first-order valence-corrected chi connectivity index (χ1v) is 10.6. The summed E-state index contributed by atoms with van der Waals surface area (Å²) in [6, 6.07) is 19.7. The van der Waals surface area contributed by atoms with Gasteiger partial charge in [0.2, 0.25) is 0 Å². The Morgan fingerprint density at radius 2 is 1.60 bits per heavy atom. The highest BCUT2D eigenvalue weighted by Crippen LogP contribution is 2.18. The van der Waals surface area contributed by atoms with Crippen molar-refractivity contribution < 1.29 is 9.13 Å². The van der Waals surface area contributed by atoms with Gasteiger partial charge in [0, 0.05) is 11.1 Å². The smallest absolute Gasteiger partial charge is 0.127 e. The molecule has 0 aromatic heterocycles. The van der Waals surface area contributed by atoms with Crippen molar-refractivity contribution in [3.63, 3.8) is 0 Å². The topological polar surface area (TPSA) is 9.23 Å². The normalized spacial score (nSPS) is 10.4. The molecule has 0 aliphatic heterocycles. The summed E-state index contributed by atoms with van der Waals surface area (Å²) in [6.07, 6.45) is 3.68. The van der Waals surface area contributed by atoms with Gasteiger partial charge in [-0.05, 0) is 80.1 Å². The Balaban J connectivity index is 1.66. The van der Waals surface area contributed by atoms with Crippen molar-refractivity contribution in [2.45, 2.75) is 46.5 Å². The van der Waals surface area contributed by atoms with Gasteiger partial charge in [-0.1, -0.05) is 61.1 Å². The monoisotopic (exact) mass is 400 g/mol. The van der Waals surface area contributed by atoms with Crippen LogP contribution in [-0.4, -0.2) is 6.61 Å². The quantitative estimate of drug-likeness (QED) is 0.313. The average molecular weight is 401 g/mol. The average Bonchev–Trinajstić information content (AvgIpc) is 2.75. The molecule has 2 heteroatoms. The van der Waals surface area contributed by atoms with E-state index in [2.05, 4.69) is 50.0 Å². The van der Waals surface area contributed by atoms with Gasteiger partial charge in [-0.15, -0.1) is 0 Å². The molecular formula is C28H29FO. The van der Waals surface area contributed by atoms with Crippen LogP contribution < -0.4 is 4.74 Å². The highest BCUT2D eigenvalue weighted by molar-refractivity contribution is 5.48. The van der Waals surface area contributed by atoms with Gasteiger partial charge < -0.3 is 4.74 Å². The Hall–Kier alpha value is -3.05. The Kier molecular flexibility index (Phi) is 7.69. The van der Waals surface area contributed by atoms with E-state index in [1.165, 1.54) is 11.1 Å². The summed E-state index contributed by atoms with van der Waals surface area (Å²) >= 11 is 0. The highest BCUT2D eigenvalue weighted by atomic mass is 19.1. The Morgan fingerprint density at radius 3 is 2.30 bits per heavy atom. The van der Waals surface area contributed by atoms with Crippen LogP contribution in [0.1, 0.15) is 53.1 Å². The summed E-state index contributed by atoms with van der Waals surface area (Å²) in [5, 5.41) is 0. The van der Waals surface area contributed by atoms with Gasteiger partial charge in [0.1, 0.15) is 11.6 Å². The molecule has 0 heterocycles. The third kappa shape index (κ3) is 6.22. The lowest BCUT2D eigenvalue weighted by atomic mass is 9.99. The first-order valence-electron chi connectivity index (χ1n) is 10.6. The minimum absolute atomic E-state index is 0.184. The Labute approximate surface area is 179 Å². The van der Waals surface area contributed by atoms with Crippen molar-refractivity contribution in [3.8, 4) is 17.6 Å². The molecule has 3 aromatic carbocycles.